The van der Waals surface area contributed by atoms with Gasteiger partial charge in [0, 0.05) is 29.3 Å². The first-order valence-electron chi connectivity index (χ1n) is 21.3. The average Bonchev–Trinajstić information content (AvgIpc) is 2.94. The molecule has 7 nitrogen and oxygen atoms in total. The lowest BCUT2D eigenvalue weighted by molar-refractivity contribution is -0.131. The van der Waals surface area contributed by atoms with Crippen molar-refractivity contribution >= 4 is 17.7 Å². The van der Waals surface area contributed by atoms with Gasteiger partial charge >= 0.3 is 0 Å². The predicted octanol–water partition coefficient (Wildman–Crippen LogP) is 11.0. The van der Waals surface area contributed by atoms with Crippen molar-refractivity contribution in [3.63, 3.8) is 0 Å². The van der Waals surface area contributed by atoms with E-state index < -0.39 is 16.2 Å². The van der Waals surface area contributed by atoms with Gasteiger partial charge in [0.1, 0.15) is 0 Å². The predicted molar refractivity (Wildman–Crippen MR) is 240 cm³/mol. The second kappa shape index (κ2) is 17.4. The Hall–Kier alpha value is -2.41. The van der Waals surface area contributed by atoms with Crippen LogP contribution in [-0.4, -0.2) is 37.5 Å². The van der Waals surface area contributed by atoms with Gasteiger partial charge in [-0.25, -0.2) is 0 Å². The van der Waals surface area contributed by atoms with Crippen LogP contribution in [0.15, 0.2) is 18.2 Å². The maximum absolute atomic E-state index is 13.9. The SMILES string of the molecule is CC(C)(C)CC(C)(C)CNC(=O)C(C)(C)CC(C)(C)c1cc(C(C)(C)CC(C)(C)C(=O)NCN)cc(C(C)(C)CC(C)(C)C(=O)NCC(C)(C)CC(C)(C)C)c1. The highest BCUT2D eigenvalue weighted by atomic mass is 16.2. The first-order valence-corrected chi connectivity index (χ1v) is 21.3. The maximum atomic E-state index is 13.9. The van der Waals surface area contributed by atoms with E-state index in [1.54, 1.807) is 0 Å². The van der Waals surface area contributed by atoms with Crippen LogP contribution in [0.5, 0.6) is 0 Å². The van der Waals surface area contributed by atoms with Crippen LogP contribution < -0.4 is 21.7 Å². The van der Waals surface area contributed by atoms with Crippen molar-refractivity contribution in [3.8, 4) is 0 Å². The number of benzene rings is 1. The molecule has 5 N–H and O–H groups in total. The summed E-state index contributed by atoms with van der Waals surface area (Å²) in [7, 11) is 0. The van der Waals surface area contributed by atoms with E-state index in [0.717, 1.165) is 29.5 Å². The maximum Gasteiger partial charge on any atom is 0.226 e. The molecule has 0 bridgehead atoms. The van der Waals surface area contributed by atoms with Gasteiger partial charge in [-0.2, -0.15) is 0 Å². The fraction of sp³-hybridized carbons (Fsp3) is 0.816. The van der Waals surface area contributed by atoms with Gasteiger partial charge in [0.15, 0.2) is 0 Å². The van der Waals surface area contributed by atoms with Crippen molar-refractivity contribution < 1.29 is 14.4 Å². The molecule has 0 aliphatic rings. The summed E-state index contributed by atoms with van der Waals surface area (Å²) in [5, 5.41) is 9.47. The number of hydrogen-bond acceptors (Lipinski definition) is 4. The highest BCUT2D eigenvalue weighted by Crippen LogP contribution is 2.45. The van der Waals surface area contributed by atoms with Gasteiger partial charge in [0.25, 0.3) is 0 Å². The molecular formula is C49H90N4O3. The second-order valence-electron chi connectivity index (χ2n) is 25.5. The minimum atomic E-state index is -0.661. The Labute approximate surface area is 346 Å². The van der Waals surface area contributed by atoms with Crippen LogP contribution >= 0.6 is 0 Å². The van der Waals surface area contributed by atoms with E-state index in [1.165, 1.54) is 0 Å². The molecule has 0 aliphatic carbocycles. The lowest BCUT2D eigenvalue weighted by atomic mass is 9.65. The summed E-state index contributed by atoms with van der Waals surface area (Å²) in [6, 6.07) is 6.91. The van der Waals surface area contributed by atoms with E-state index in [9.17, 15) is 14.4 Å². The summed E-state index contributed by atoms with van der Waals surface area (Å²) in [6.45, 7) is 49.3. The molecule has 7 heteroatoms. The Morgan fingerprint density at radius 3 is 0.857 bits per heavy atom. The molecular weight excluding hydrogens is 693 g/mol. The van der Waals surface area contributed by atoms with Gasteiger partial charge in [-0.1, -0.05) is 171 Å². The fourth-order valence-electron chi connectivity index (χ4n) is 10.1. The topological polar surface area (TPSA) is 113 Å². The summed E-state index contributed by atoms with van der Waals surface area (Å²) in [4.78, 5) is 41.0. The molecule has 0 atom stereocenters. The van der Waals surface area contributed by atoms with Gasteiger partial charge < -0.3 is 21.7 Å². The quantitative estimate of drug-likeness (QED) is 0.105. The van der Waals surface area contributed by atoms with Gasteiger partial charge in [-0.15, -0.1) is 0 Å². The zero-order chi connectivity index (χ0) is 44.4. The molecule has 56 heavy (non-hydrogen) atoms. The Morgan fingerprint density at radius 1 is 0.411 bits per heavy atom. The molecule has 0 aromatic heterocycles. The van der Waals surface area contributed by atoms with Crippen molar-refractivity contribution in [2.75, 3.05) is 19.8 Å². The Kier molecular flexibility index (Phi) is 16.1. The van der Waals surface area contributed by atoms with E-state index in [4.69, 9.17) is 5.73 Å². The van der Waals surface area contributed by atoms with Crippen molar-refractivity contribution in [1.82, 2.24) is 16.0 Å². The fourth-order valence-corrected chi connectivity index (χ4v) is 10.1. The minimum absolute atomic E-state index is 0.0257. The van der Waals surface area contributed by atoms with Crippen LogP contribution in [0.2, 0.25) is 0 Å². The molecule has 0 fully saturated rings. The zero-order valence-electron chi connectivity index (χ0n) is 40.7. The van der Waals surface area contributed by atoms with Gasteiger partial charge in [0.2, 0.25) is 17.7 Å². The second-order valence-corrected chi connectivity index (χ2v) is 25.5. The van der Waals surface area contributed by atoms with Gasteiger partial charge in [-0.05, 0) is 86.7 Å². The molecule has 3 amide bonds. The standard InChI is InChI=1S/C49H90N4O3/c1-40(2,3)26-42(7,8)31-51-37(54)47(17,18)28-44(11,12)34-23-35(25-36(24-34)46(15,16)30-49(21,22)39(56)53-33-50)45(13,14)29-48(19,20)38(55)52-32-43(9,10)27-41(4,5)6/h23-25H,26-33,50H2,1-22H3,(H,51,54)(H,52,55)(H,53,56). The van der Waals surface area contributed by atoms with Crippen LogP contribution in [0, 0.1) is 37.9 Å². The number of carbonyl (C=O) groups is 3. The summed E-state index contributed by atoms with van der Waals surface area (Å²) in [5.41, 5.74) is 6.37. The van der Waals surface area contributed by atoms with Crippen molar-refractivity contribution in [3.05, 3.63) is 34.9 Å². The highest BCUT2D eigenvalue weighted by Gasteiger charge is 2.42. The summed E-state index contributed by atoms with van der Waals surface area (Å²) >= 11 is 0. The molecule has 0 saturated heterocycles. The van der Waals surface area contributed by atoms with Crippen molar-refractivity contribution in [2.24, 2.45) is 43.6 Å². The van der Waals surface area contributed by atoms with Crippen LogP contribution in [0.1, 0.15) is 201 Å². The summed E-state index contributed by atoms with van der Waals surface area (Å²) in [6.07, 6.45) is 3.89. The first-order chi connectivity index (χ1) is 24.6. The summed E-state index contributed by atoms with van der Waals surface area (Å²) in [5.74, 6) is 0.0633. The molecule has 0 saturated carbocycles. The monoisotopic (exact) mass is 783 g/mol. The molecule has 1 rings (SSSR count). The highest BCUT2D eigenvalue weighted by molar-refractivity contribution is 5.83. The Balaban J connectivity index is 3.71. The summed E-state index contributed by atoms with van der Waals surface area (Å²) < 4.78 is 0. The third-order valence-electron chi connectivity index (χ3n) is 11.5. The number of rotatable bonds is 19. The molecule has 324 valence electrons. The van der Waals surface area contributed by atoms with Crippen LogP contribution in [0.25, 0.3) is 0 Å². The third kappa shape index (κ3) is 16.1. The number of nitrogens with one attached hydrogen (secondary N) is 3. The lowest BCUT2D eigenvalue weighted by Gasteiger charge is -2.40. The van der Waals surface area contributed by atoms with E-state index in [2.05, 4.69) is 173 Å². The molecule has 0 aliphatic heterocycles. The molecule has 0 heterocycles. The normalized spacial score (nSPS) is 14.4. The number of nitrogens with two attached hydrogens (primary N) is 1. The van der Waals surface area contributed by atoms with Crippen LogP contribution in [0.3, 0.4) is 0 Å². The number of hydrogen-bond donors (Lipinski definition) is 4. The van der Waals surface area contributed by atoms with Crippen molar-refractivity contribution in [2.45, 2.75) is 201 Å². The number of carbonyl (C=O) groups excluding carboxylic acids is 3. The van der Waals surface area contributed by atoms with E-state index >= 15 is 0 Å². The van der Waals surface area contributed by atoms with Crippen molar-refractivity contribution in [1.29, 1.82) is 0 Å². The molecule has 1 aromatic rings. The molecule has 0 spiro atoms. The lowest BCUT2D eigenvalue weighted by Crippen LogP contribution is -2.45. The molecule has 0 unspecified atom stereocenters. The smallest absolute Gasteiger partial charge is 0.226 e. The zero-order valence-corrected chi connectivity index (χ0v) is 40.7. The van der Waals surface area contributed by atoms with E-state index in [-0.39, 0.29) is 62.3 Å². The molecule has 1 aromatic carbocycles. The third-order valence-corrected chi connectivity index (χ3v) is 11.5. The minimum Gasteiger partial charge on any atom is -0.355 e. The van der Waals surface area contributed by atoms with E-state index in [1.807, 2.05) is 13.8 Å². The molecule has 0 radical (unpaired) electrons. The van der Waals surface area contributed by atoms with Gasteiger partial charge in [0.05, 0.1) is 6.67 Å². The van der Waals surface area contributed by atoms with Crippen LogP contribution in [-0.2, 0) is 30.6 Å². The van der Waals surface area contributed by atoms with E-state index in [0.29, 0.717) is 32.4 Å². The Bertz CT molecular complexity index is 1420. The first kappa shape index (κ1) is 51.6. The Morgan fingerprint density at radius 2 is 0.643 bits per heavy atom. The van der Waals surface area contributed by atoms with Gasteiger partial charge in [-0.3, -0.25) is 14.4 Å². The average molecular weight is 783 g/mol. The largest absolute Gasteiger partial charge is 0.355 e. The number of amides is 3. The van der Waals surface area contributed by atoms with Crippen LogP contribution in [0.4, 0.5) is 0 Å².